The Kier molecular flexibility index (Phi) is 4.36. The van der Waals surface area contributed by atoms with E-state index in [2.05, 4.69) is 38.1 Å². The monoisotopic (exact) mass is 411 g/mol. The van der Waals surface area contributed by atoms with Crippen LogP contribution in [0.2, 0.25) is 0 Å². The van der Waals surface area contributed by atoms with Gasteiger partial charge in [0.2, 0.25) is 0 Å². The number of halogens is 1. The van der Waals surface area contributed by atoms with Crippen LogP contribution in [-0.2, 0) is 4.74 Å². The van der Waals surface area contributed by atoms with Gasteiger partial charge in [-0.2, -0.15) is 5.10 Å². The number of pyridine rings is 1. The first-order valence-electron chi connectivity index (χ1n) is 8.43. The van der Waals surface area contributed by atoms with Gasteiger partial charge < -0.3 is 4.74 Å². The first-order chi connectivity index (χ1) is 12.6. The average Bonchev–Trinajstić information content (AvgIpc) is 3.31. The Labute approximate surface area is 160 Å². The van der Waals surface area contributed by atoms with Gasteiger partial charge in [0.05, 0.1) is 24.7 Å². The van der Waals surface area contributed by atoms with Gasteiger partial charge in [0.25, 0.3) is 0 Å². The van der Waals surface area contributed by atoms with Crippen molar-refractivity contribution in [2.24, 2.45) is 0 Å². The Balaban J connectivity index is 1.75. The third-order valence-electron chi connectivity index (χ3n) is 4.72. The van der Waals surface area contributed by atoms with Gasteiger partial charge in [-0.25, -0.2) is 9.48 Å². The van der Waals surface area contributed by atoms with E-state index in [0.29, 0.717) is 11.5 Å². The van der Waals surface area contributed by atoms with Crippen LogP contribution in [0.5, 0.6) is 0 Å². The lowest BCUT2D eigenvalue weighted by Crippen LogP contribution is -2.08. The predicted octanol–water partition coefficient (Wildman–Crippen LogP) is 4.40. The number of esters is 1. The van der Waals surface area contributed by atoms with Crippen LogP contribution < -0.4 is 0 Å². The van der Waals surface area contributed by atoms with E-state index in [1.807, 2.05) is 42.1 Å². The number of aromatic nitrogens is 3. The summed E-state index contributed by atoms with van der Waals surface area (Å²) in [5, 5.41) is 4.47. The highest BCUT2D eigenvalue weighted by molar-refractivity contribution is 9.10. The molecule has 26 heavy (non-hydrogen) atoms. The summed E-state index contributed by atoms with van der Waals surface area (Å²) in [6.45, 7) is 2.03. The van der Waals surface area contributed by atoms with E-state index in [4.69, 9.17) is 4.74 Å². The average molecular weight is 412 g/mol. The molecule has 1 saturated carbocycles. The summed E-state index contributed by atoms with van der Waals surface area (Å²) in [6, 6.07) is 12.0. The van der Waals surface area contributed by atoms with Crippen molar-refractivity contribution in [1.29, 1.82) is 0 Å². The molecule has 1 aliphatic rings. The standard InChI is InChI=1S/C20H18BrN3O2/c1-12-6-7-18(22-10-12)15-9-16(15)19-17(20(25)26-2)11-23-24(19)14-5-3-4-13(21)8-14/h3-8,10-11,15-16H,9H2,1-2H3/t15-,16-/m1/s1. The molecule has 0 saturated heterocycles. The van der Waals surface area contributed by atoms with Crippen molar-refractivity contribution in [2.45, 2.75) is 25.2 Å². The molecule has 2 heterocycles. The molecule has 2 atom stereocenters. The number of aryl methyl sites for hydroxylation is 1. The molecule has 3 aromatic rings. The summed E-state index contributed by atoms with van der Waals surface area (Å²) >= 11 is 3.50. The van der Waals surface area contributed by atoms with E-state index >= 15 is 0 Å². The minimum absolute atomic E-state index is 0.195. The van der Waals surface area contributed by atoms with Crippen molar-refractivity contribution in [2.75, 3.05) is 7.11 Å². The smallest absolute Gasteiger partial charge is 0.341 e. The van der Waals surface area contributed by atoms with Crippen molar-refractivity contribution >= 4 is 21.9 Å². The maximum absolute atomic E-state index is 12.3. The second-order valence-electron chi connectivity index (χ2n) is 6.54. The Morgan fingerprint density at radius 2 is 2.08 bits per heavy atom. The van der Waals surface area contributed by atoms with Gasteiger partial charge in [-0.1, -0.05) is 28.1 Å². The van der Waals surface area contributed by atoms with Gasteiger partial charge in [-0.15, -0.1) is 0 Å². The highest BCUT2D eigenvalue weighted by atomic mass is 79.9. The molecule has 5 nitrogen and oxygen atoms in total. The topological polar surface area (TPSA) is 57.0 Å². The summed E-state index contributed by atoms with van der Waals surface area (Å²) in [6.07, 6.45) is 4.43. The van der Waals surface area contributed by atoms with Crippen molar-refractivity contribution in [3.8, 4) is 5.69 Å². The van der Waals surface area contributed by atoms with E-state index in [-0.39, 0.29) is 11.9 Å². The molecule has 1 aliphatic carbocycles. The molecule has 0 amide bonds. The maximum atomic E-state index is 12.3. The second kappa shape index (κ2) is 6.68. The fourth-order valence-electron chi connectivity index (χ4n) is 3.32. The molecule has 4 rings (SSSR count). The molecule has 132 valence electrons. The number of hydrogen-bond donors (Lipinski definition) is 0. The third-order valence-corrected chi connectivity index (χ3v) is 5.21. The molecule has 2 aromatic heterocycles. The first-order valence-corrected chi connectivity index (χ1v) is 9.22. The second-order valence-corrected chi connectivity index (χ2v) is 7.45. The number of methoxy groups -OCH3 is 1. The molecular weight excluding hydrogens is 394 g/mol. The molecule has 0 radical (unpaired) electrons. The van der Waals surface area contributed by atoms with Crippen LogP contribution in [0.3, 0.4) is 0 Å². The Hall–Kier alpha value is -2.47. The summed E-state index contributed by atoms with van der Waals surface area (Å²) in [5.74, 6) is 0.131. The van der Waals surface area contributed by atoms with Crippen LogP contribution in [0.1, 0.15) is 45.6 Å². The molecule has 0 spiro atoms. The lowest BCUT2D eigenvalue weighted by Gasteiger charge is -2.10. The molecular formula is C20H18BrN3O2. The van der Waals surface area contributed by atoms with Gasteiger partial charge in [0.15, 0.2) is 0 Å². The van der Waals surface area contributed by atoms with E-state index in [1.165, 1.54) is 7.11 Å². The van der Waals surface area contributed by atoms with E-state index in [9.17, 15) is 4.79 Å². The Morgan fingerprint density at radius 1 is 1.23 bits per heavy atom. The largest absolute Gasteiger partial charge is 0.465 e. The normalized spacial score (nSPS) is 18.6. The molecule has 0 N–H and O–H groups in total. The maximum Gasteiger partial charge on any atom is 0.341 e. The van der Waals surface area contributed by atoms with Gasteiger partial charge in [0.1, 0.15) is 5.56 Å². The summed E-state index contributed by atoms with van der Waals surface area (Å²) < 4.78 is 7.77. The highest BCUT2D eigenvalue weighted by Crippen LogP contribution is 2.55. The van der Waals surface area contributed by atoms with Crippen LogP contribution in [0.25, 0.3) is 5.69 Å². The summed E-state index contributed by atoms with van der Waals surface area (Å²) in [5.41, 5.74) is 4.51. The number of nitrogens with zero attached hydrogens (tertiary/aromatic N) is 3. The highest BCUT2D eigenvalue weighted by Gasteiger charge is 2.45. The molecule has 0 bridgehead atoms. The molecule has 1 aromatic carbocycles. The summed E-state index contributed by atoms with van der Waals surface area (Å²) in [4.78, 5) is 16.8. The number of benzene rings is 1. The van der Waals surface area contributed by atoms with E-state index in [1.54, 1.807) is 6.20 Å². The Morgan fingerprint density at radius 3 is 2.77 bits per heavy atom. The fourth-order valence-corrected chi connectivity index (χ4v) is 3.71. The number of carbonyl (C=O) groups excluding carboxylic acids is 1. The Bertz CT molecular complexity index is 965. The molecule has 1 fully saturated rings. The zero-order valence-electron chi connectivity index (χ0n) is 14.5. The fraction of sp³-hybridized carbons (Fsp3) is 0.250. The van der Waals surface area contributed by atoms with Crippen LogP contribution >= 0.6 is 15.9 Å². The zero-order chi connectivity index (χ0) is 18.3. The van der Waals surface area contributed by atoms with Gasteiger partial charge >= 0.3 is 5.97 Å². The van der Waals surface area contributed by atoms with Crippen LogP contribution in [0, 0.1) is 6.92 Å². The summed E-state index contributed by atoms with van der Waals surface area (Å²) in [7, 11) is 1.40. The molecule has 6 heteroatoms. The van der Waals surface area contributed by atoms with E-state index in [0.717, 1.165) is 33.5 Å². The van der Waals surface area contributed by atoms with Crippen molar-refractivity contribution in [3.63, 3.8) is 0 Å². The number of carbonyl (C=O) groups is 1. The molecule has 0 aliphatic heterocycles. The zero-order valence-corrected chi connectivity index (χ0v) is 16.1. The van der Waals surface area contributed by atoms with Crippen LogP contribution in [0.4, 0.5) is 0 Å². The molecule has 0 unspecified atom stereocenters. The number of rotatable bonds is 4. The van der Waals surface area contributed by atoms with Crippen molar-refractivity contribution in [3.05, 3.63) is 75.8 Å². The van der Waals surface area contributed by atoms with Crippen molar-refractivity contribution in [1.82, 2.24) is 14.8 Å². The van der Waals surface area contributed by atoms with Gasteiger partial charge in [-0.3, -0.25) is 4.98 Å². The van der Waals surface area contributed by atoms with Gasteiger partial charge in [-0.05, 0) is 43.2 Å². The van der Waals surface area contributed by atoms with Crippen LogP contribution in [-0.4, -0.2) is 27.8 Å². The predicted molar refractivity (Wildman–Crippen MR) is 102 cm³/mol. The number of hydrogen-bond acceptors (Lipinski definition) is 4. The first kappa shape index (κ1) is 17.0. The van der Waals surface area contributed by atoms with Gasteiger partial charge in [0, 0.05) is 28.2 Å². The van der Waals surface area contributed by atoms with Crippen molar-refractivity contribution < 1.29 is 9.53 Å². The SMILES string of the molecule is COC(=O)c1cnn(-c2cccc(Br)c2)c1[C@@H]1C[C@H]1c1ccc(C)cn1. The minimum Gasteiger partial charge on any atom is -0.465 e. The number of ether oxygens (including phenoxy) is 1. The minimum atomic E-state index is -0.358. The quantitative estimate of drug-likeness (QED) is 0.597. The van der Waals surface area contributed by atoms with Crippen LogP contribution in [0.15, 0.2) is 53.3 Å². The lowest BCUT2D eigenvalue weighted by atomic mass is 10.1. The lowest BCUT2D eigenvalue weighted by molar-refractivity contribution is 0.0599. The third kappa shape index (κ3) is 3.05. The van der Waals surface area contributed by atoms with E-state index < -0.39 is 0 Å².